The fourth-order valence-electron chi connectivity index (χ4n) is 1.93. The minimum Gasteiger partial charge on any atom is -0.258 e. The number of hydrogen-bond donors (Lipinski definition) is 0. The van der Waals surface area contributed by atoms with Crippen LogP contribution in [-0.4, -0.2) is 9.85 Å². The Kier molecular flexibility index (Phi) is 3.53. The van der Waals surface area contributed by atoms with Crippen LogP contribution < -0.4 is 0 Å². The first-order valence-corrected chi connectivity index (χ1v) is 8.20. The summed E-state index contributed by atoms with van der Waals surface area (Å²) in [5.74, 6) is 0. The largest absolute Gasteiger partial charge is 0.402 e. The Morgan fingerprint density at radius 2 is 1.52 bits per heavy atom. The first kappa shape index (κ1) is 13.9. The minimum absolute atomic E-state index is 0.342. The van der Waals surface area contributed by atoms with Crippen LogP contribution >= 0.6 is 34.0 Å². The normalized spacial score (nSPS) is 10.7. The van der Waals surface area contributed by atoms with Crippen molar-refractivity contribution < 1.29 is 9.85 Å². The molecule has 0 aliphatic heterocycles. The lowest BCUT2D eigenvalue weighted by atomic mass is 10.1. The summed E-state index contributed by atoms with van der Waals surface area (Å²) in [5.41, 5.74) is -0.0787. The average molecular weight is 338 g/mol. The van der Waals surface area contributed by atoms with Gasteiger partial charge in [-0.25, -0.2) is 0 Å². The number of nitrogens with zero attached hydrogens (tertiary/aromatic N) is 2. The molecule has 0 saturated heterocycles. The maximum Gasteiger partial charge on any atom is 0.402 e. The fraction of sp³-hybridized carbons (Fsp3) is 0. The zero-order valence-electron chi connectivity index (χ0n) is 10.2. The molecule has 0 N–H and O–H groups in total. The maximum atomic E-state index is 11.3. The lowest BCUT2D eigenvalue weighted by molar-refractivity contribution is -0.418. The molecule has 0 amide bonds. The lowest BCUT2D eigenvalue weighted by Crippen LogP contribution is -1.93. The van der Waals surface area contributed by atoms with E-state index in [9.17, 15) is 20.2 Å². The SMILES string of the molecule is O=[N+]([O-])c1sc(-c2cccs2)c(-c2cccs2)c1[N+](=O)[O-]. The summed E-state index contributed by atoms with van der Waals surface area (Å²) in [6.07, 6.45) is 0. The highest BCUT2D eigenvalue weighted by Crippen LogP contribution is 2.53. The molecule has 3 aromatic heterocycles. The highest BCUT2D eigenvalue weighted by Gasteiger charge is 2.37. The molecule has 0 atom stereocenters. The molecule has 3 rings (SSSR count). The number of hydrogen-bond acceptors (Lipinski definition) is 7. The smallest absolute Gasteiger partial charge is 0.258 e. The molecule has 6 nitrogen and oxygen atoms in total. The molecule has 9 heteroatoms. The van der Waals surface area contributed by atoms with Crippen molar-refractivity contribution in [1.82, 2.24) is 0 Å². The van der Waals surface area contributed by atoms with Crippen LogP contribution in [0.15, 0.2) is 35.0 Å². The van der Waals surface area contributed by atoms with Gasteiger partial charge in [0.25, 0.3) is 0 Å². The third-order valence-corrected chi connectivity index (χ3v) is 5.79. The second-order valence-electron chi connectivity index (χ2n) is 3.93. The van der Waals surface area contributed by atoms with Crippen molar-refractivity contribution in [2.75, 3.05) is 0 Å². The molecular formula is C12H6N2O4S3. The van der Waals surface area contributed by atoms with E-state index in [1.807, 2.05) is 11.4 Å². The van der Waals surface area contributed by atoms with Crippen LogP contribution in [-0.2, 0) is 0 Å². The van der Waals surface area contributed by atoms with Gasteiger partial charge >= 0.3 is 10.7 Å². The Balaban J connectivity index is 2.37. The summed E-state index contributed by atoms with van der Waals surface area (Å²) >= 11 is 3.59. The van der Waals surface area contributed by atoms with Gasteiger partial charge in [-0.05, 0) is 22.9 Å². The Morgan fingerprint density at radius 1 is 0.905 bits per heavy atom. The lowest BCUT2D eigenvalue weighted by Gasteiger charge is -1.97. The Hall–Kier alpha value is -2.10. The molecule has 21 heavy (non-hydrogen) atoms. The zero-order valence-corrected chi connectivity index (χ0v) is 12.7. The van der Waals surface area contributed by atoms with E-state index >= 15 is 0 Å². The van der Waals surface area contributed by atoms with Gasteiger partial charge in [-0.3, -0.25) is 20.2 Å². The van der Waals surface area contributed by atoms with Gasteiger partial charge < -0.3 is 0 Å². The number of rotatable bonds is 4. The van der Waals surface area contributed by atoms with Crippen molar-refractivity contribution in [3.05, 3.63) is 55.3 Å². The van der Waals surface area contributed by atoms with Crippen LogP contribution in [0.2, 0.25) is 0 Å². The Labute approximate surface area is 130 Å². The Morgan fingerprint density at radius 3 is 2.00 bits per heavy atom. The van der Waals surface area contributed by atoms with E-state index in [1.54, 1.807) is 23.6 Å². The average Bonchev–Trinajstić information content (AvgIpc) is 3.17. The summed E-state index contributed by atoms with van der Waals surface area (Å²) in [7, 11) is 0. The molecule has 0 fully saturated rings. The van der Waals surface area contributed by atoms with Crippen LogP contribution in [0.1, 0.15) is 0 Å². The summed E-state index contributed by atoms with van der Waals surface area (Å²) < 4.78 is 0. The fourth-order valence-corrected chi connectivity index (χ4v) is 4.73. The van der Waals surface area contributed by atoms with E-state index in [0.717, 1.165) is 16.2 Å². The second kappa shape index (κ2) is 5.35. The second-order valence-corrected chi connectivity index (χ2v) is 6.82. The minimum atomic E-state index is -0.684. The van der Waals surface area contributed by atoms with E-state index in [-0.39, 0.29) is 0 Å². The van der Waals surface area contributed by atoms with Gasteiger partial charge in [0.2, 0.25) is 0 Å². The summed E-state index contributed by atoms with van der Waals surface area (Å²) in [5, 5.41) is 25.7. The van der Waals surface area contributed by atoms with E-state index < -0.39 is 20.5 Å². The summed E-state index contributed by atoms with van der Waals surface area (Å²) in [4.78, 5) is 23.2. The highest BCUT2D eigenvalue weighted by atomic mass is 32.1. The van der Waals surface area contributed by atoms with E-state index in [2.05, 4.69) is 0 Å². The summed E-state index contributed by atoms with van der Waals surface area (Å²) in [6.45, 7) is 0. The molecule has 0 aromatic carbocycles. The van der Waals surface area contributed by atoms with Crippen molar-refractivity contribution in [2.45, 2.75) is 0 Å². The number of nitro groups is 2. The molecule has 0 unspecified atom stereocenters. The Bertz CT molecular complexity index is 806. The van der Waals surface area contributed by atoms with Crippen LogP contribution in [0.25, 0.3) is 20.2 Å². The third-order valence-electron chi connectivity index (χ3n) is 2.73. The van der Waals surface area contributed by atoms with Crippen molar-refractivity contribution >= 4 is 44.7 Å². The van der Waals surface area contributed by atoms with Gasteiger partial charge in [-0.15, -0.1) is 22.7 Å². The standard InChI is InChI=1S/C12H6N2O4S3/c15-13(16)10-9(7-3-1-5-19-7)11(8-4-2-6-20-8)21-12(10)14(17)18/h1-6H. The number of thiophene rings is 3. The quantitative estimate of drug-likeness (QED) is 0.493. The molecule has 106 valence electrons. The zero-order chi connectivity index (χ0) is 15.0. The van der Waals surface area contributed by atoms with Crippen molar-refractivity contribution in [3.63, 3.8) is 0 Å². The van der Waals surface area contributed by atoms with Gasteiger partial charge in [0.05, 0.1) is 20.3 Å². The van der Waals surface area contributed by atoms with Crippen LogP contribution in [0.3, 0.4) is 0 Å². The van der Waals surface area contributed by atoms with E-state index in [1.165, 1.54) is 22.7 Å². The predicted octanol–water partition coefficient (Wildman–Crippen LogP) is 5.02. The van der Waals surface area contributed by atoms with Crippen LogP contribution in [0, 0.1) is 20.2 Å². The molecule has 0 aliphatic carbocycles. The first-order valence-electron chi connectivity index (χ1n) is 5.63. The molecule has 0 saturated carbocycles. The molecular weight excluding hydrogens is 332 g/mol. The molecule has 0 spiro atoms. The molecule has 3 aromatic rings. The monoisotopic (exact) mass is 338 g/mol. The van der Waals surface area contributed by atoms with Gasteiger partial charge in [-0.2, -0.15) is 0 Å². The highest BCUT2D eigenvalue weighted by molar-refractivity contribution is 7.24. The van der Waals surface area contributed by atoms with Gasteiger partial charge in [0.15, 0.2) is 0 Å². The molecule has 3 heterocycles. The van der Waals surface area contributed by atoms with E-state index in [0.29, 0.717) is 15.3 Å². The van der Waals surface area contributed by atoms with Gasteiger partial charge in [0.1, 0.15) is 0 Å². The van der Waals surface area contributed by atoms with Crippen LogP contribution in [0.5, 0.6) is 0 Å². The van der Waals surface area contributed by atoms with Crippen molar-refractivity contribution in [3.8, 4) is 20.2 Å². The van der Waals surface area contributed by atoms with Crippen LogP contribution in [0.4, 0.5) is 10.7 Å². The maximum absolute atomic E-state index is 11.3. The van der Waals surface area contributed by atoms with Gasteiger partial charge in [0, 0.05) is 9.75 Å². The first-order chi connectivity index (χ1) is 10.1. The summed E-state index contributed by atoms with van der Waals surface area (Å²) in [6, 6.07) is 7.13. The van der Waals surface area contributed by atoms with E-state index in [4.69, 9.17) is 0 Å². The topological polar surface area (TPSA) is 86.3 Å². The molecule has 0 radical (unpaired) electrons. The third kappa shape index (κ3) is 2.35. The molecule has 0 bridgehead atoms. The predicted molar refractivity (Wildman–Crippen MR) is 84.3 cm³/mol. The molecule has 0 aliphatic rings. The van der Waals surface area contributed by atoms with Crippen molar-refractivity contribution in [2.24, 2.45) is 0 Å². The van der Waals surface area contributed by atoms with Crippen molar-refractivity contribution in [1.29, 1.82) is 0 Å². The van der Waals surface area contributed by atoms with Gasteiger partial charge in [-0.1, -0.05) is 23.5 Å².